The van der Waals surface area contributed by atoms with Crippen molar-refractivity contribution in [2.24, 2.45) is 0 Å². The molecule has 3 atom stereocenters. The number of nitrogens with zero attached hydrogens (tertiary/aromatic N) is 1. The molecule has 1 fully saturated rings. The number of hydrogen-bond donors (Lipinski definition) is 2. The number of ether oxygens (including phenoxy) is 2. The molecule has 2 heterocycles. The van der Waals surface area contributed by atoms with E-state index < -0.39 is 29.7 Å². The van der Waals surface area contributed by atoms with Crippen LogP contribution >= 0.6 is 0 Å². The van der Waals surface area contributed by atoms with E-state index in [9.17, 15) is 19.5 Å². The second-order valence-electron chi connectivity index (χ2n) is 9.55. The lowest BCUT2D eigenvalue weighted by Crippen LogP contribution is -2.33. The summed E-state index contributed by atoms with van der Waals surface area (Å²) in [7, 11) is 0. The van der Waals surface area contributed by atoms with Crippen LogP contribution in [0.15, 0.2) is 15.8 Å². The van der Waals surface area contributed by atoms with E-state index in [0.717, 1.165) is 19.3 Å². The molecule has 194 valence electrons. The Morgan fingerprint density at radius 3 is 2.15 bits per heavy atom. The number of unbranched alkanes of at least 4 members (excludes halogenated alkanes) is 12. The molecule has 0 saturated carbocycles. The predicted molar refractivity (Wildman–Crippen MR) is 132 cm³/mol. The van der Waals surface area contributed by atoms with Gasteiger partial charge in [-0.2, -0.15) is 0 Å². The molecule has 0 aromatic carbocycles. The lowest BCUT2D eigenvalue weighted by Gasteiger charge is -2.16. The van der Waals surface area contributed by atoms with Crippen molar-refractivity contribution in [3.63, 3.8) is 0 Å². The van der Waals surface area contributed by atoms with E-state index in [1.807, 2.05) is 0 Å². The highest BCUT2D eigenvalue weighted by Crippen LogP contribution is 2.30. The van der Waals surface area contributed by atoms with Crippen LogP contribution in [0, 0.1) is 6.92 Å². The number of aromatic amines is 1. The van der Waals surface area contributed by atoms with Crippen LogP contribution < -0.4 is 11.2 Å². The van der Waals surface area contributed by atoms with Crippen LogP contribution in [-0.2, 0) is 14.3 Å². The fourth-order valence-electron chi connectivity index (χ4n) is 4.47. The van der Waals surface area contributed by atoms with Gasteiger partial charge in [-0.1, -0.05) is 84.0 Å². The number of carbonyl (C=O) groups excluding carboxylic acids is 1. The Balaban J connectivity index is 1.59. The molecular formula is C26H44N2O6. The first kappa shape index (κ1) is 28.3. The standard InChI is InChI=1S/C26H44N2O6/c1-3-4-5-6-7-8-9-10-11-12-13-14-15-16-24(30)34-21-17-23(33-22(21)19-29)28-18-20(2)25(31)27-26(28)32/h18,21-23,29H,3-17,19H2,1-2H3,(H,27,31,32). The zero-order valence-corrected chi connectivity index (χ0v) is 21.1. The maximum Gasteiger partial charge on any atom is 0.330 e. The molecule has 0 bridgehead atoms. The molecule has 1 aromatic heterocycles. The van der Waals surface area contributed by atoms with Crippen LogP contribution in [-0.4, -0.2) is 39.4 Å². The molecule has 1 aromatic rings. The minimum Gasteiger partial charge on any atom is -0.459 e. The summed E-state index contributed by atoms with van der Waals surface area (Å²) in [5, 5.41) is 9.62. The lowest BCUT2D eigenvalue weighted by atomic mass is 10.0. The van der Waals surface area contributed by atoms with Gasteiger partial charge in [0.05, 0.1) is 6.61 Å². The first-order valence-corrected chi connectivity index (χ1v) is 13.2. The van der Waals surface area contributed by atoms with Crippen molar-refractivity contribution in [2.75, 3.05) is 6.61 Å². The first-order valence-electron chi connectivity index (χ1n) is 13.2. The Hall–Kier alpha value is -1.93. The molecular weight excluding hydrogens is 436 g/mol. The van der Waals surface area contributed by atoms with E-state index in [4.69, 9.17) is 9.47 Å². The zero-order valence-electron chi connectivity index (χ0n) is 21.1. The number of aliphatic hydroxyl groups excluding tert-OH is 1. The fraction of sp³-hybridized carbons (Fsp3) is 0.808. The van der Waals surface area contributed by atoms with E-state index in [1.54, 1.807) is 6.92 Å². The summed E-state index contributed by atoms with van der Waals surface area (Å²) in [6.07, 6.45) is 16.2. The Morgan fingerprint density at radius 1 is 1.03 bits per heavy atom. The Bertz CT molecular complexity index is 833. The third-order valence-electron chi connectivity index (χ3n) is 6.58. The number of rotatable bonds is 17. The SMILES string of the molecule is CCCCCCCCCCCCCCCC(=O)OC1CC(n2cc(C)c(=O)[nH]c2=O)OC1CO. The van der Waals surface area contributed by atoms with Gasteiger partial charge in [0.25, 0.3) is 5.56 Å². The Labute approximate surface area is 203 Å². The van der Waals surface area contributed by atoms with Gasteiger partial charge in [0, 0.05) is 24.6 Å². The van der Waals surface area contributed by atoms with Gasteiger partial charge in [-0.3, -0.25) is 19.1 Å². The summed E-state index contributed by atoms with van der Waals surface area (Å²) in [5.41, 5.74) is -0.651. The van der Waals surface area contributed by atoms with Gasteiger partial charge >= 0.3 is 11.7 Å². The molecule has 0 amide bonds. The van der Waals surface area contributed by atoms with E-state index in [1.165, 1.54) is 75.0 Å². The van der Waals surface area contributed by atoms with Crippen LogP contribution in [0.2, 0.25) is 0 Å². The highest BCUT2D eigenvalue weighted by atomic mass is 16.6. The highest BCUT2D eigenvalue weighted by Gasteiger charge is 2.38. The smallest absolute Gasteiger partial charge is 0.330 e. The van der Waals surface area contributed by atoms with E-state index >= 15 is 0 Å². The van der Waals surface area contributed by atoms with Crippen LogP contribution in [0.5, 0.6) is 0 Å². The average Bonchev–Trinajstić information content (AvgIpc) is 3.21. The second-order valence-corrected chi connectivity index (χ2v) is 9.55. The van der Waals surface area contributed by atoms with Crippen molar-refractivity contribution in [3.8, 4) is 0 Å². The molecule has 0 spiro atoms. The number of aliphatic hydroxyl groups is 1. The van der Waals surface area contributed by atoms with Crippen LogP contribution in [0.1, 0.15) is 115 Å². The van der Waals surface area contributed by atoms with Gasteiger partial charge in [0.2, 0.25) is 0 Å². The summed E-state index contributed by atoms with van der Waals surface area (Å²) >= 11 is 0. The normalized spacial score (nSPS) is 20.0. The predicted octanol–water partition coefficient (Wildman–Crippen LogP) is 4.52. The van der Waals surface area contributed by atoms with Gasteiger partial charge in [-0.25, -0.2) is 4.79 Å². The molecule has 8 heteroatoms. The largest absolute Gasteiger partial charge is 0.459 e. The number of aromatic nitrogens is 2. The minimum atomic E-state index is -0.700. The number of H-pyrrole nitrogens is 1. The van der Waals surface area contributed by atoms with Crippen LogP contribution in [0.25, 0.3) is 0 Å². The third kappa shape index (κ3) is 9.74. The second kappa shape index (κ2) is 15.9. The van der Waals surface area contributed by atoms with Crippen molar-refractivity contribution < 1.29 is 19.4 Å². The Kier molecular flexibility index (Phi) is 13.2. The molecule has 0 aliphatic carbocycles. The van der Waals surface area contributed by atoms with E-state index in [0.29, 0.717) is 12.0 Å². The summed E-state index contributed by atoms with van der Waals surface area (Å²) < 4.78 is 12.6. The quantitative estimate of drug-likeness (QED) is 0.251. The van der Waals surface area contributed by atoms with Gasteiger partial charge < -0.3 is 14.6 Å². The van der Waals surface area contributed by atoms with Crippen LogP contribution in [0.3, 0.4) is 0 Å². The molecule has 0 radical (unpaired) electrons. The molecule has 34 heavy (non-hydrogen) atoms. The molecule has 1 aliphatic heterocycles. The molecule has 8 nitrogen and oxygen atoms in total. The first-order chi connectivity index (χ1) is 16.5. The number of hydrogen-bond acceptors (Lipinski definition) is 6. The third-order valence-corrected chi connectivity index (χ3v) is 6.58. The summed E-state index contributed by atoms with van der Waals surface area (Å²) in [6.45, 7) is 3.53. The lowest BCUT2D eigenvalue weighted by molar-refractivity contribution is -0.153. The molecule has 3 unspecified atom stereocenters. The maximum atomic E-state index is 12.3. The molecule has 1 saturated heterocycles. The highest BCUT2D eigenvalue weighted by molar-refractivity contribution is 5.69. The summed E-state index contributed by atoms with van der Waals surface area (Å²) in [4.78, 5) is 38.2. The fourth-order valence-corrected chi connectivity index (χ4v) is 4.47. The maximum absolute atomic E-state index is 12.3. The van der Waals surface area contributed by atoms with Crippen molar-refractivity contribution in [3.05, 3.63) is 32.6 Å². The average molecular weight is 481 g/mol. The van der Waals surface area contributed by atoms with Crippen molar-refractivity contribution in [2.45, 2.75) is 129 Å². The van der Waals surface area contributed by atoms with Crippen molar-refractivity contribution in [1.29, 1.82) is 0 Å². The monoisotopic (exact) mass is 480 g/mol. The summed E-state index contributed by atoms with van der Waals surface area (Å²) in [5.74, 6) is -0.305. The van der Waals surface area contributed by atoms with Crippen molar-refractivity contribution in [1.82, 2.24) is 9.55 Å². The molecule has 2 rings (SSSR count). The van der Waals surface area contributed by atoms with Crippen LogP contribution in [0.4, 0.5) is 0 Å². The summed E-state index contributed by atoms with van der Waals surface area (Å²) in [6, 6.07) is 0. The number of esters is 1. The number of aryl methyl sites for hydroxylation is 1. The van der Waals surface area contributed by atoms with Gasteiger partial charge in [-0.05, 0) is 13.3 Å². The number of nitrogens with one attached hydrogen (secondary N) is 1. The zero-order chi connectivity index (χ0) is 24.8. The molecule has 2 N–H and O–H groups in total. The molecule has 1 aliphatic rings. The Morgan fingerprint density at radius 2 is 1.59 bits per heavy atom. The van der Waals surface area contributed by atoms with Gasteiger partial charge in [-0.15, -0.1) is 0 Å². The van der Waals surface area contributed by atoms with E-state index in [2.05, 4.69) is 11.9 Å². The van der Waals surface area contributed by atoms with E-state index in [-0.39, 0.29) is 19.0 Å². The topological polar surface area (TPSA) is 111 Å². The number of carbonyl (C=O) groups is 1. The van der Waals surface area contributed by atoms with Crippen molar-refractivity contribution >= 4 is 5.97 Å². The van der Waals surface area contributed by atoms with Gasteiger partial charge in [0.15, 0.2) is 0 Å². The minimum absolute atomic E-state index is 0.251. The van der Waals surface area contributed by atoms with Gasteiger partial charge in [0.1, 0.15) is 18.4 Å².